The molecule has 0 aromatic carbocycles. The Morgan fingerprint density at radius 2 is 1.94 bits per heavy atom. The van der Waals surface area contributed by atoms with E-state index >= 15 is 0 Å². The van der Waals surface area contributed by atoms with Crippen molar-refractivity contribution in [2.45, 2.75) is 31.9 Å². The molecule has 0 bridgehead atoms. The monoisotopic (exact) mass is 251 g/mol. The molecule has 1 aliphatic rings. The van der Waals surface area contributed by atoms with Crippen molar-refractivity contribution < 1.29 is 22.6 Å². The van der Waals surface area contributed by atoms with Gasteiger partial charge in [0.15, 0.2) is 0 Å². The van der Waals surface area contributed by atoms with E-state index in [0.29, 0.717) is 38.9 Å². The summed E-state index contributed by atoms with van der Waals surface area (Å²) in [4.78, 5) is 0. The first-order valence-electron chi connectivity index (χ1n) is 5.61. The fourth-order valence-corrected chi connectivity index (χ4v) is 1.88. The lowest BCUT2D eigenvalue weighted by Gasteiger charge is -2.30. The molecule has 17 heavy (non-hydrogen) atoms. The summed E-state index contributed by atoms with van der Waals surface area (Å²) in [5.41, 5.74) is -0.431. The molecule has 1 heterocycles. The Labute approximate surface area is 98.5 Å². The van der Waals surface area contributed by atoms with Crippen molar-refractivity contribution in [1.82, 2.24) is 0 Å². The number of halogens is 3. The van der Waals surface area contributed by atoms with Gasteiger partial charge in [-0.25, -0.2) is 0 Å². The van der Waals surface area contributed by atoms with Gasteiger partial charge in [-0.05, 0) is 25.7 Å². The van der Waals surface area contributed by atoms with E-state index in [1.54, 1.807) is 0 Å². The summed E-state index contributed by atoms with van der Waals surface area (Å²) in [7, 11) is 0. The fraction of sp³-hybridized carbons (Fsp3) is 0.909. The van der Waals surface area contributed by atoms with Crippen LogP contribution in [-0.4, -0.2) is 32.6 Å². The second-order valence-corrected chi connectivity index (χ2v) is 4.28. The Morgan fingerprint density at radius 1 is 1.29 bits per heavy atom. The molecule has 1 saturated heterocycles. The molecule has 0 aromatic heterocycles. The van der Waals surface area contributed by atoms with Crippen LogP contribution in [-0.2, 0) is 9.47 Å². The van der Waals surface area contributed by atoms with E-state index in [4.69, 9.17) is 10.00 Å². The molecule has 0 saturated carbocycles. The van der Waals surface area contributed by atoms with Crippen molar-refractivity contribution in [3.05, 3.63) is 0 Å². The van der Waals surface area contributed by atoms with Crippen LogP contribution in [0.2, 0.25) is 0 Å². The minimum absolute atomic E-state index is 0.0454. The van der Waals surface area contributed by atoms with Gasteiger partial charge in [-0.15, -0.1) is 0 Å². The lowest BCUT2D eigenvalue weighted by molar-refractivity contribution is -0.174. The number of nitriles is 1. The Morgan fingerprint density at radius 3 is 2.47 bits per heavy atom. The predicted molar refractivity (Wildman–Crippen MR) is 54.2 cm³/mol. The van der Waals surface area contributed by atoms with E-state index in [2.05, 4.69) is 10.8 Å². The molecule has 0 aromatic rings. The Balaban J connectivity index is 2.18. The van der Waals surface area contributed by atoms with Crippen LogP contribution in [0.15, 0.2) is 0 Å². The highest BCUT2D eigenvalue weighted by Gasteiger charge is 2.32. The molecule has 1 rings (SSSR count). The molecule has 0 spiro atoms. The van der Waals surface area contributed by atoms with E-state index in [1.807, 2.05) is 0 Å². The van der Waals surface area contributed by atoms with Gasteiger partial charge in [-0.2, -0.15) is 18.4 Å². The van der Waals surface area contributed by atoms with Crippen molar-refractivity contribution >= 4 is 0 Å². The van der Waals surface area contributed by atoms with Gasteiger partial charge < -0.3 is 9.47 Å². The zero-order valence-corrected chi connectivity index (χ0v) is 9.55. The van der Waals surface area contributed by atoms with Gasteiger partial charge in [0.1, 0.15) is 6.61 Å². The highest BCUT2D eigenvalue weighted by Crippen LogP contribution is 2.34. The molecular weight excluding hydrogens is 235 g/mol. The second-order valence-electron chi connectivity index (χ2n) is 4.28. The first-order chi connectivity index (χ1) is 7.97. The van der Waals surface area contributed by atoms with Gasteiger partial charge in [0.2, 0.25) is 0 Å². The maximum atomic E-state index is 11.8. The number of nitrogens with zero attached hydrogens (tertiary/aromatic N) is 1. The van der Waals surface area contributed by atoms with Crippen molar-refractivity contribution in [2.24, 2.45) is 5.41 Å². The Kier molecular flexibility index (Phi) is 5.22. The molecule has 0 aliphatic carbocycles. The molecule has 1 aliphatic heterocycles. The first-order valence-corrected chi connectivity index (χ1v) is 5.61. The molecule has 0 N–H and O–H groups in total. The maximum absolute atomic E-state index is 11.8. The average Bonchev–Trinajstić information content (AvgIpc) is 2.28. The van der Waals surface area contributed by atoms with Crippen molar-refractivity contribution in [3.63, 3.8) is 0 Å². The zero-order chi connectivity index (χ0) is 12.8. The highest BCUT2D eigenvalue weighted by atomic mass is 19.4. The number of hydrogen-bond acceptors (Lipinski definition) is 3. The van der Waals surface area contributed by atoms with Crippen LogP contribution in [0.1, 0.15) is 25.7 Å². The van der Waals surface area contributed by atoms with Crippen LogP contribution in [0.3, 0.4) is 0 Å². The van der Waals surface area contributed by atoms with Crippen LogP contribution >= 0.6 is 0 Å². The van der Waals surface area contributed by atoms with Crippen molar-refractivity contribution in [3.8, 4) is 6.07 Å². The molecule has 0 radical (unpaired) electrons. The van der Waals surface area contributed by atoms with E-state index < -0.39 is 18.2 Å². The summed E-state index contributed by atoms with van der Waals surface area (Å²) in [6.45, 7) is -0.0621. The van der Waals surface area contributed by atoms with Gasteiger partial charge >= 0.3 is 6.18 Å². The highest BCUT2D eigenvalue weighted by molar-refractivity contribution is 4.99. The number of rotatable bonds is 5. The van der Waals surface area contributed by atoms with Gasteiger partial charge in [0, 0.05) is 19.8 Å². The predicted octanol–water partition coefficient (Wildman–Crippen LogP) is 2.67. The van der Waals surface area contributed by atoms with Crippen molar-refractivity contribution in [2.75, 3.05) is 26.4 Å². The zero-order valence-electron chi connectivity index (χ0n) is 9.55. The third kappa shape index (κ3) is 5.37. The molecule has 0 atom stereocenters. The smallest absolute Gasteiger partial charge is 0.381 e. The van der Waals surface area contributed by atoms with Crippen molar-refractivity contribution in [1.29, 1.82) is 5.26 Å². The summed E-state index contributed by atoms with van der Waals surface area (Å²) >= 11 is 0. The third-order valence-corrected chi connectivity index (χ3v) is 2.90. The number of ether oxygens (including phenoxy) is 2. The molecule has 6 heteroatoms. The molecule has 1 fully saturated rings. The third-order valence-electron chi connectivity index (χ3n) is 2.90. The molecule has 0 unspecified atom stereocenters. The number of hydrogen-bond donors (Lipinski definition) is 0. The number of alkyl halides is 3. The lowest BCUT2D eigenvalue weighted by Crippen LogP contribution is -2.28. The fourth-order valence-electron chi connectivity index (χ4n) is 1.88. The van der Waals surface area contributed by atoms with E-state index in [-0.39, 0.29) is 6.61 Å². The minimum atomic E-state index is -4.27. The lowest BCUT2D eigenvalue weighted by atomic mass is 9.78. The maximum Gasteiger partial charge on any atom is 0.411 e. The minimum Gasteiger partial charge on any atom is -0.381 e. The van der Waals surface area contributed by atoms with Crippen LogP contribution in [0, 0.1) is 16.7 Å². The largest absolute Gasteiger partial charge is 0.411 e. The normalized spacial score (nSPS) is 19.9. The summed E-state index contributed by atoms with van der Waals surface area (Å²) < 4.78 is 45.0. The quantitative estimate of drug-likeness (QED) is 0.705. The average molecular weight is 251 g/mol. The van der Waals surface area contributed by atoms with Crippen LogP contribution in [0.4, 0.5) is 13.2 Å². The van der Waals surface area contributed by atoms with Gasteiger partial charge in [-0.1, -0.05) is 0 Å². The van der Waals surface area contributed by atoms with E-state index in [9.17, 15) is 13.2 Å². The van der Waals surface area contributed by atoms with Crippen LogP contribution < -0.4 is 0 Å². The SMILES string of the molecule is N#CC1(CCCOCC(F)(F)F)CCOCC1. The van der Waals surface area contributed by atoms with Gasteiger partial charge in [0.25, 0.3) is 0 Å². The summed E-state index contributed by atoms with van der Waals surface area (Å²) in [5.74, 6) is 0. The Bertz CT molecular complexity index is 267. The standard InChI is InChI=1S/C11H16F3NO2/c12-11(13,14)9-17-5-1-2-10(8-15)3-6-16-7-4-10/h1-7,9H2. The first kappa shape index (κ1) is 14.3. The topological polar surface area (TPSA) is 42.2 Å². The summed E-state index contributed by atoms with van der Waals surface area (Å²) in [5, 5.41) is 9.10. The summed E-state index contributed by atoms with van der Waals surface area (Å²) in [6.07, 6.45) is -1.91. The summed E-state index contributed by atoms with van der Waals surface area (Å²) in [6, 6.07) is 2.27. The molecular formula is C11H16F3NO2. The second kappa shape index (κ2) is 6.22. The van der Waals surface area contributed by atoms with Crippen LogP contribution in [0.25, 0.3) is 0 Å². The van der Waals surface area contributed by atoms with Gasteiger partial charge in [-0.3, -0.25) is 0 Å². The van der Waals surface area contributed by atoms with E-state index in [1.165, 1.54) is 0 Å². The van der Waals surface area contributed by atoms with E-state index in [0.717, 1.165) is 0 Å². The molecule has 98 valence electrons. The van der Waals surface area contributed by atoms with Crippen LogP contribution in [0.5, 0.6) is 0 Å². The van der Waals surface area contributed by atoms with Gasteiger partial charge in [0.05, 0.1) is 11.5 Å². The molecule has 0 amide bonds. The Hall–Kier alpha value is -0.800. The molecule has 3 nitrogen and oxygen atoms in total.